The summed E-state index contributed by atoms with van der Waals surface area (Å²) in [6, 6.07) is 0. The van der Waals surface area contributed by atoms with Crippen molar-refractivity contribution in [2.24, 2.45) is 4.99 Å². The molecule has 36 valence electrons. The van der Waals surface area contributed by atoms with Crippen molar-refractivity contribution in [2.75, 3.05) is 0 Å². The van der Waals surface area contributed by atoms with Crippen molar-refractivity contribution in [1.29, 1.82) is 0 Å². The molecule has 1 nitrogen and oxygen atoms in total. The Kier molecular flexibility index (Phi) is 1.30. The number of hydrogen-bond acceptors (Lipinski definition) is 1. The fourth-order valence-corrected chi connectivity index (χ4v) is 0.484. The number of nitrogens with zero attached hydrogens (tertiary/aromatic N) is 1. The van der Waals surface area contributed by atoms with Gasteiger partial charge in [0, 0.05) is 6.21 Å². The first kappa shape index (κ1) is 4.63. The molecule has 1 rings (SSSR count). The van der Waals surface area contributed by atoms with Crippen molar-refractivity contribution in [2.45, 2.75) is 5.50 Å². The van der Waals surface area contributed by atoms with E-state index < -0.39 is 0 Å². The molecule has 7 heavy (non-hydrogen) atoms. The number of rotatable bonds is 0. The van der Waals surface area contributed by atoms with E-state index >= 15 is 0 Å². The minimum absolute atomic E-state index is 0.190. The average molecular weight is 114 g/mol. The normalized spacial score (nSPS) is 26.1. The first-order chi connectivity index (χ1) is 3.39. The molecule has 0 N–H and O–H groups in total. The molecule has 0 amide bonds. The molecule has 1 aliphatic rings. The third-order valence-corrected chi connectivity index (χ3v) is 0.872. The minimum atomic E-state index is -0.190. The summed E-state index contributed by atoms with van der Waals surface area (Å²) in [7, 11) is 0. The fourth-order valence-electron chi connectivity index (χ4n) is 0.346. The van der Waals surface area contributed by atoms with Crippen molar-refractivity contribution < 1.29 is 0 Å². The molecular formula is C5H4ClN. The van der Waals surface area contributed by atoms with Crippen LogP contribution in [-0.4, -0.2) is 11.7 Å². The Bertz CT molecular complexity index is 142. The van der Waals surface area contributed by atoms with Crippen LogP contribution in [0.15, 0.2) is 22.9 Å². The number of hydrogen-bond donors (Lipinski definition) is 0. The van der Waals surface area contributed by atoms with E-state index in [4.69, 9.17) is 11.6 Å². The number of aliphatic imine (C=N–C) groups is 1. The smallest absolute Gasteiger partial charge is 0.149 e. The van der Waals surface area contributed by atoms with Gasteiger partial charge in [0.2, 0.25) is 0 Å². The molecular weight excluding hydrogens is 110 g/mol. The Labute approximate surface area is 47.0 Å². The van der Waals surface area contributed by atoms with Crippen LogP contribution < -0.4 is 0 Å². The van der Waals surface area contributed by atoms with E-state index in [1.54, 1.807) is 18.4 Å². The van der Waals surface area contributed by atoms with Gasteiger partial charge in [0.25, 0.3) is 0 Å². The number of halogens is 1. The van der Waals surface area contributed by atoms with Gasteiger partial charge in [-0.2, -0.15) is 0 Å². The number of alkyl halides is 1. The van der Waals surface area contributed by atoms with Crippen LogP contribution in [0, 0.1) is 0 Å². The molecule has 0 saturated carbocycles. The molecule has 0 bridgehead atoms. The van der Waals surface area contributed by atoms with Gasteiger partial charge >= 0.3 is 0 Å². The van der Waals surface area contributed by atoms with Gasteiger partial charge in [-0.05, 0) is 12.2 Å². The lowest BCUT2D eigenvalue weighted by Crippen LogP contribution is -1.88. The molecule has 0 aromatic heterocycles. The van der Waals surface area contributed by atoms with Crippen LogP contribution in [0.25, 0.3) is 0 Å². The van der Waals surface area contributed by atoms with E-state index in [1.165, 1.54) is 0 Å². The Morgan fingerprint density at radius 3 is 2.86 bits per heavy atom. The fraction of sp³-hybridized carbons (Fsp3) is 0.200. The minimum Gasteiger partial charge on any atom is -0.268 e. The van der Waals surface area contributed by atoms with Crippen LogP contribution in [0.3, 0.4) is 0 Å². The molecule has 1 aliphatic heterocycles. The second-order valence-corrected chi connectivity index (χ2v) is 1.62. The van der Waals surface area contributed by atoms with Gasteiger partial charge in [-0.15, -0.1) is 5.73 Å². The standard InChI is InChI=1S/C5H4ClN/c6-5-3-1-2-4-7-5/h2-5H. The lowest BCUT2D eigenvalue weighted by atomic mass is 10.5. The third-order valence-electron chi connectivity index (χ3n) is 0.633. The van der Waals surface area contributed by atoms with Gasteiger partial charge in [0.05, 0.1) is 0 Å². The van der Waals surface area contributed by atoms with Crippen molar-refractivity contribution in [3.8, 4) is 0 Å². The van der Waals surface area contributed by atoms with E-state index in [2.05, 4.69) is 10.7 Å². The van der Waals surface area contributed by atoms with Crippen molar-refractivity contribution in [1.82, 2.24) is 0 Å². The highest BCUT2D eigenvalue weighted by atomic mass is 35.5. The van der Waals surface area contributed by atoms with Crippen LogP contribution in [0.4, 0.5) is 0 Å². The molecule has 0 aromatic carbocycles. The Morgan fingerprint density at radius 2 is 2.57 bits per heavy atom. The molecule has 0 saturated heterocycles. The third kappa shape index (κ3) is 1.19. The zero-order valence-electron chi connectivity index (χ0n) is 3.63. The second-order valence-electron chi connectivity index (χ2n) is 1.17. The van der Waals surface area contributed by atoms with Crippen LogP contribution in [0.1, 0.15) is 0 Å². The highest BCUT2D eigenvalue weighted by molar-refractivity contribution is 6.22. The van der Waals surface area contributed by atoms with Crippen LogP contribution in [0.2, 0.25) is 0 Å². The van der Waals surface area contributed by atoms with E-state index in [9.17, 15) is 0 Å². The van der Waals surface area contributed by atoms with Crippen LogP contribution in [-0.2, 0) is 0 Å². The second kappa shape index (κ2) is 1.97. The lowest BCUT2D eigenvalue weighted by Gasteiger charge is -1.92. The predicted octanol–water partition coefficient (Wildman–Crippen LogP) is 1.35. The first-order valence-electron chi connectivity index (χ1n) is 1.98. The molecule has 0 aromatic rings. The van der Waals surface area contributed by atoms with Gasteiger partial charge in [-0.3, -0.25) is 4.99 Å². The van der Waals surface area contributed by atoms with Crippen molar-refractivity contribution in [3.05, 3.63) is 17.9 Å². The average Bonchev–Trinajstić information content (AvgIpc) is 1.69. The first-order valence-corrected chi connectivity index (χ1v) is 2.42. The maximum Gasteiger partial charge on any atom is 0.149 e. The molecule has 0 fully saturated rings. The molecule has 2 heteroatoms. The summed E-state index contributed by atoms with van der Waals surface area (Å²) in [5, 5.41) is 0. The monoisotopic (exact) mass is 113 g/mol. The summed E-state index contributed by atoms with van der Waals surface area (Å²) in [4.78, 5) is 3.80. The SMILES string of the molecule is ClC1C=C=CC=N1. The summed E-state index contributed by atoms with van der Waals surface area (Å²) in [5.41, 5.74) is 2.61. The molecule has 0 spiro atoms. The summed E-state index contributed by atoms with van der Waals surface area (Å²) in [5.74, 6) is 0. The van der Waals surface area contributed by atoms with E-state index in [-0.39, 0.29) is 5.50 Å². The summed E-state index contributed by atoms with van der Waals surface area (Å²) >= 11 is 5.48. The zero-order valence-corrected chi connectivity index (χ0v) is 4.39. The Balaban J connectivity index is 2.77. The molecule has 0 aliphatic carbocycles. The van der Waals surface area contributed by atoms with Gasteiger partial charge in [0.15, 0.2) is 0 Å². The van der Waals surface area contributed by atoms with E-state index in [0.717, 1.165) is 0 Å². The largest absolute Gasteiger partial charge is 0.268 e. The maximum absolute atomic E-state index is 5.48. The highest BCUT2D eigenvalue weighted by Crippen LogP contribution is 1.99. The van der Waals surface area contributed by atoms with E-state index in [1.807, 2.05) is 0 Å². The van der Waals surface area contributed by atoms with Crippen LogP contribution >= 0.6 is 11.6 Å². The molecule has 1 unspecified atom stereocenters. The predicted molar refractivity (Wildman–Crippen MR) is 30.8 cm³/mol. The maximum atomic E-state index is 5.48. The molecule has 0 radical (unpaired) electrons. The quantitative estimate of drug-likeness (QED) is 0.256. The topological polar surface area (TPSA) is 12.4 Å². The lowest BCUT2D eigenvalue weighted by molar-refractivity contribution is 1.15. The molecule has 1 atom stereocenters. The van der Waals surface area contributed by atoms with Gasteiger partial charge in [-0.25, -0.2) is 0 Å². The molecule has 1 heterocycles. The van der Waals surface area contributed by atoms with Gasteiger partial charge in [-0.1, -0.05) is 11.6 Å². The van der Waals surface area contributed by atoms with E-state index in [0.29, 0.717) is 0 Å². The van der Waals surface area contributed by atoms with Crippen molar-refractivity contribution in [3.63, 3.8) is 0 Å². The summed E-state index contributed by atoms with van der Waals surface area (Å²) in [6.45, 7) is 0. The summed E-state index contributed by atoms with van der Waals surface area (Å²) < 4.78 is 0. The van der Waals surface area contributed by atoms with Crippen LogP contribution in [0.5, 0.6) is 0 Å². The Morgan fingerprint density at radius 1 is 1.71 bits per heavy atom. The zero-order chi connectivity index (χ0) is 5.11. The highest BCUT2D eigenvalue weighted by Gasteiger charge is 1.90. The van der Waals surface area contributed by atoms with Gasteiger partial charge < -0.3 is 0 Å². The van der Waals surface area contributed by atoms with Crippen molar-refractivity contribution >= 4 is 17.8 Å². The summed E-state index contributed by atoms with van der Waals surface area (Å²) in [6.07, 6.45) is 5.05. The van der Waals surface area contributed by atoms with Gasteiger partial charge in [0.1, 0.15) is 5.50 Å². The Hall–Kier alpha value is -0.520.